The van der Waals surface area contributed by atoms with Gasteiger partial charge in [-0.3, -0.25) is 4.98 Å². The van der Waals surface area contributed by atoms with Crippen molar-refractivity contribution in [2.24, 2.45) is 5.41 Å². The van der Waals surface area contributed by atoms with Crippen molar-refractivity contribution in [1.29, 1.82) is 0 Å². The number of pyridine rings is 1. The topological polar surface area (TPSA) is 65.5 Å². The van der Waals surface area contributed by atoms with Crippen LogP contribution in [0.3, 0.4) is 0 Å². The lowest BCUT2D eigenvalue weighted by Gasteiger charge is -2.29. The molecule has 0 aromatic carbocycles. The number of carboxylic acid groups (broad SMARTS) is 1. The number of rotatable bonds is 6. The van der Waals surface area contributed by atoms with E-state index in [-0.39, 0.29) is 11.0 Å². The third-order valence-corrected chi connectivity index (χ3v) is 2.77. The van der Waals surface area contributed by atoms with Crippen LogP contribution in [0.5, 0.6) is 0 Å². The van der Waals surface area contributed by atoms with Crippen molar-refractivity contribution in [3.63, 3.8) is 0 Å². The third-order valence-electron chi connectivity index (χ3n) is 2.77. The van der Waals surface area contributed by atoms with Crippen LogP contribution in [0, 0.1) is 12.3 Å². The van der Waals surface area contributed by atoms with E-state index >= 15 is 0 Å². The minimum Gasteiger partial charge on any atom is -0.478 e. The van der Waals surface area contributed by atoms with Crippen molar-refractivity contribution < 1.29 is 9.90 Å². The van der Waals surface area contributed by atoms with Crippen LogP contribution >= 0.6 is 0 Å². The number of carbonyl (C=O) groups is 1. The average molecular weight is 265 g/mol. The Morgan fingerprint density at radius 1 is 1.47 bits per heavy atom. The molecule has 19 heavy (non-hydrogen) atoms. The van der Waals surface area contributed by atoms with Gasteiger partial charge >= 0.3 is 5.97 Å². The molecule has 1 rings (SSSR count). The number of carboxylic acids is 1. The van der Waals surface area contributed by atoms with E-state index in [0.717, 1.165) is 12.2 Å². The summed E-state index contributed by atoms with van der Waals surface area (Å²) in [5, 5.41) is 12.4. The molecule has 1 heterocycles. The van der Waals surface area contributed by atoms with Gasteiger partial charge in [0.15, 0.2) is 0 Å². The van der Waals surface area contributed by atoms with E-state index in [1.807, 2.05) is 21.0 Å². The summed E-state index contributed by atoms with van der Waals surface area (Å²) in [6.07, 6.45) is 1.40. The van der Waals surface area contributed by atoms with Crippen molar-refractivity contribution in [3.8, 4) is 0 Å². The molecule has 0 unspecified atom stereocenters. The van der Waals surface area contributed by atoms with E-state index in [9.17, 15) is 4.79 Å². The zero-order valence-electron chi connectivity index (χ0n) is 12.3. The highest BCUT2D eigenvalue weighted by Crippen LogP contribution is 2.20. The summed E-state index contributed by atoms with van der Waals surface area (Å²) in [5.41, 5.74) is 1.70. The molecular weight excluding hydrogens is 242 g/mol. The highest BCUT2D eigenvalue weighted by molar-refractivity contribution is 5.93. The molecule has 1 aromatic heterocycles. The van der Waals surface area contributed by atoms with Gasteiger partial charge in [0.25, 0.3) is 0 Å². The minimum atomic E-state index is -0.958. The molecule has 2 N–H and O–H groups in total. The first-order valence-corrected chi connectivity index (χ1v) is 6.30. The van der Waals surface area contributed by atoms with Gasteiger partial charge in [0, 0.05) is 25.0 Å². The molecule has 0 aliphatic heterocycles. The molecule has 0 saturated heterocycles. The van der Waals surface area contributed by atoms with Crippen molar-refractivity contribution in [3.05, 3.63) is 23.5 Å². The fourth-order valence-corrected chi connectivity index (χ4v) is 2.12. The van der Waals surface area contributed by atoms with E-state index in [2.05, 4.69) is 29.0 Å². The maximum absolute atomic E-state index is 11.1. The zero-order valence-corrected chi connectivity index (χ0v) is 12.3. The number of nitrogens with one attached hydrogen (secondary N) is 1. The number of aromatic nitrogens is 1. The van der Waals surface area contributed by atoms with Crippen LogP contribution in [0.15, 0.2) is 12.3 Å². The Morgan fingerprint density at radius 3 is 2.63 bits per heavy atom. The van der Waals surface area contributed by atoms with Crippen LogP contribution in [0.4, 0.5) is 5.69 Å². The van der Waals surface area contributed by atoms with Gasteiger partial charge in [0.2, 0.25) is 0 Å². The Balaban J connectivity index is 2.82. The van der Waals surface area contributed by atoms with Crippen molar-refractivity contribution in [1.82, 2.24) is 9.88 Å². The maximum atomic E-state index is 11.1. The van der Waals surface area contributed by atoms with E-state index < -0.39 is 5.97 Å². The summed E-state index contributed by atoms with van der Waals surface area (Å²) in [7, 11) is 4.06. The Kier molecular flexibility index (Phi) is 4.89. The molecule has 0 spiro atoms. The highest BCUT2D eigenvalue weighted by Gasteiger charge is 2.20. The number of nitrogens with zero attached hydrogens (tertiary/aromatic N) is 2. The Bertz CT molecular complexity index is 456. The lowest BCUT2D eigenvalue weighted by Crippen LogP contribution is -2.34. The van der Waals surface area contributed by atoms with Crippen LogP contribution in [0.1, 0.15) is 29.9 Å². The molecule has 0 radical (unpaired) electrons. The molecular formula is C14H23N3O2. The molecule has 0 aliphatic rings. The Morgan fingerprint density at radius 2 is 2.11 bits per heavy atom. The van der Waals surface area contributed by atoms with E-state index in [4.69, 9.17) is 5.11 Å². The van der Waals surface area contributed by atoms with E-state index in [1.165, 1.54) is 6.20 Å². The van der Waals surface area contributed by atoms with Gasteiger partial charge in [-0.15, -0.1) is 0 Å². The molecule has 0 aliphatic carbocycles. The van der Waals surface area contributed by atoms with Crippen LogP contribution in [0.25, 0.3) is 0 Å². The largest absolute Gasteiger partial charge is 0.478 e. The maximum Gasteiger partial charge on any atom is 0.339 e. The average Bonchev–Trinajstić information content (AvgIpc) is 2.24. The number of hydrogen-bond acceptors (Lipinski definition) is 4. The van der Waals surface area contributed by atoms with Gasteiger partial charge in [0.1, 0.15) is 5.56 Å². The normalized spacial score (nSPS) is 11.7. The molecule has 0 fully saturated rings. The van der Waals surface area contributed by atoms with Gasteiger partial charge in [-0.05, 0) is 32.5 Å². The van der Waals surface area contributed by atoms with E-state index in [0.29, 0.717) is 12.2 Å². The van der Waals surface area contributed by atoms with Crippen LogP contribution in [0.2, 0.25) is 0 Å². The number of anilines is 1. The smallest absolute Gasteiger partial charge is 0.339 e. The van der Waals surface area contributed by atoms with Crippen molar-refractivity contribution in [2.75, 3.05) is 32.5 Å². The second kappa shape index (κ2) is 6.02. The number of aryl methyl sites for hydroxylation is 1. The fourth-order valence-electron chi connectivity index (χ4n) is 2.12. The van der Waals surface area contributed by atoms with Crippen LogP contribution in [-0.4, -0.2) is 48.1 Å². The van der Waals surface area contributed by atoms with Gasteiger partial charge in [-0.1, -0.05) is 13.8 Å². The predicted molar refractivity (Wildman–Crippen MR) is 76.8 cm³/mol. The first-order chi connectivity index (χ1) is 8.71. The molecule has 106 valence electrons. The molecule has 0 atom stereocenters. The third kappa shape index (κ3) is 4.87. The van der Waals surface area contributed by atoms with Crippen molar-refractivity contribution >= 4 is 11.7 Å². The van der Waals surface area contributed by atoms with Crippen LogP contribution in [-0.2, 0) is 0 Å². The molecule has 5 heteroatoms. The molecule has 0 amide bonds. The summed E-state index contributed by atoms with van der Waals surface area (Å²) >= 11 is 0. The van der Waals surface area contributed by atoms with Gasteiger partial charge in [-0.25, -0.2) is 4.79 Å². The fraction of sp³-hybridized carbons (Fsp3) is 0.571. The van der Waals surface area contributed by atoms with Gasteiger partial charge < -0.3 is 15.3 Å². The van der Waals surface area contributed by atoms with Crippen molar-refractivity contribution in [2.45, 2.75) is 20.8 Å². The van der Waals surface area contributed by atoms with Gasteiger partial charge in [-0.2, -0.15) is 0 Å². The standard InChI is InChI=1S/C14H23N3O2/c1-10-6-12(11(7-15-10)13(18)19)16-8-14(2,3)9-17(4)5/h6-7H,8-9H2,1-5H3,(H,15,16)(H,18,19). The lowest BCUT2D eigenvalue weighted by atomic mass is 9.92. The molecule has 0 bridgehead atoms. The first-order valence-electron chi connectivity index (χ1n) is 6.30. The minimum absolute atomic E-state index is 0.0520. The molecule has 0 saturated carbocycles. The SMILES string of the molecule is Cc1cc(NCC(C)(C)CN(C)C)c(C(=O)O)cn1. The second-order valence-electron chi connectivity index (χ2n) is 5.93. The second-order valence-corrected chi connectivity index (χ2v) is 5.93. The van der Waals surface area contributed by atoms with E-state index in [1.54, 1.807) is 6.07 Å². The monoisotopic (exact) mass is 265 g/mol. The molecule has 5 nitrogen and oxygen atoms in total. The Hall–Kier alpha value is -1.62. The summed E-state index contributed by atoms with van der Waals surface area (Å²) in [6, 6.07) is 1.77. The number of hydrogen-bond donors (Lipinski definition) is 2. The number of aromatic carboxylic acids is 1. The first kappa shape index (κ1) is 15.4. The summed E-state index contributed by atoms with van der Waals surface area (Å²) < 4.78 is 0. The zero-order chi connectivity index (χ0) is 14.6. The summed E-state index contributed by atoms with van der Waals surface area (Å²) in [4.78, 5) is 17.3. The molecule has 1 aromatic rings. The van der Waals surface area contributed by atoms with Gasteiger partial charge in [0.05, 0.1) is 5.69 Å². The predicted octanol–water partition coefficient (Wildman–Crippen LogP) is 2.09. The quantitative estimate of drug-likeness (QED) is 0.824. The lowest BCUT2D eigenvalue weighted by molar-refractivity contribution is 0.0697. The van der Waals surface area contributed by atoms with Crippen LogP contribution < -0.4 is 5.32 Å². The highest BCUT2D eigenvalue weighted by atomic mass is 16.4. The summed E-state index contributed by atoms with van der Waals surface area (Å²) in [5.74, 6) is -0.958. The summed E-state index contributed by atoms with van der Waals surface area (Å²) in [6.45, 7) is 7.77. The Labute approximate surface area is 114 Å².